The number of hydrogen-bond donors (Lipinski definition) is 0. The minimum Gasteiger partial charge on any atom is -0.489 e. The molecule has 0 aliphatic rings. The van der Waals surface area contributed by atoms with Crippen LogP contribution in [-0.4, -0.2) is 4.57 Å². The quantitative estimate of drug-likeness (QED) is 0.597. The lowest BCUT2D eigenvalue weighted by Gasteiger charge is -2.10. The van der Waals surface area contributed by atoms with Gasteiger partial charge >= 0.3 is 0 Å². The van der Waals surface area contributed by atoms with Crippen molar-refractivity contribution in [3.63, 3.8) is 0 Å². The Morgan fingerprint density at radius 2 is 1.82 bits per heavy atom. The van der Waals surface area contributed by atoms with Crippen molar-refractivity contribution in [2.45, 2.75) is 33.4 Å². The first kappa shape index (κ1) is 15.0. The lowest BCUT2D eigenvalue weighted by molar-refractivity contribution is 0.307. The summed E-state index contributed by atoms with van der Waals surface area (Å²) in [5, 5.41) is 1.99. The van der Waals surface area contributed by atoms with Crippen molar-refractivity contribution in [1.29, 1.82) is 0 Å². The van der Waals surface area contributed by atoms with E-state index in [1.54, 1.807) is 0 Å². The number of fused-ring (bicyclic) bond motifs is 1. The van der Waals surface area contributed by atoms with Gasteiger partial charge in [0.05, 0.1) is 5.52 Å². The zero-order valence-electron chi connectivity index (χ0n) is 13.1. The molecule has 2 aromatic carbocycles. The predicted molar refractivity (Wildman–Crippen MR) is 92.8 cm³/mol. The minimum atomic E-state index is 0.424. The van der Waals surface area contributed by atoms with E-state index in [9.17, 15) is 0 Å². The summed E-state index contributed by atoms with van der Waals surface area (Å²) in [6, 6.07) is 14.3. The van der Waals surface area contributed by atoms with Crippen molar-refractivity contribution >= 4 is 22.5 Å². The highest BCUT2D eigenvalue weighted by Gasteiger charge is 2.12. The molecule has 0 aliphatic carbocycles. The SMILES string of the molecule is Cc1cccc2c(COc3ccc(Cl)cc3)cn(C(C)C)c12. The largest absolute Gasteiger partial charge is 0.489 e. The average Bonchev–Trinajstić information content (AvgIpc) is 2.87. The third kappa shape index (κ3) is 2.84. The van der Waals surface area contributed by atoms with Gasteiger partial charge in [-0.2, -0.15) is 0 Å². The lowest BCUT2D eigenvalue weighted by atomic mass is 10.1. The van der Waals surface area contributed by atoms with E-state index in [-0.39, 0.29) is 0 Å². The van der Waals surface area contributed by atoms with Crippen LogP contribution >= 0.6 is 11.6 Å². The van der Waals surface area contributed by atoms with Gasteiger partial charge in [0.2, 0.25) is 0 Å². The highest BCUT2D eigenvalue weighted by Crippen LogP contribution is 2.28. The van der Waals surface area contributed by atoms with Gasteiger partial charge in [-0.1, -0.05) is 29.8 Å². The van der Waals surface area contributed by atoms with Crippen molar-refractivity contribution in [2.24, 2.45) is 0 Å². The number of para-hydroxylation sites is 1. The average molecular weight is 314 g/mol. The molecule has 0 fully saturated rings. The molecule has 0 spiro atoms. The van der Waals surface area contributed by atoms with Crippen LogP contribution in [0.3, 0.4) is 0 Å². The van der Waals surface area contributed by atoms with Gasteiger partial charge in [0.25, 0.3) is 0 Å². The smallest absolute Gasteiger partial charge is 0.119 e. The molecule has 0 bridgehead atoms. The third-order valence-electron chi connectivity index (χ3n) is 3.90. The summed E-state index contributed by atoms with van der Waals surface area (Å²) in [7, 11) is 0. The molecule has 114 valence electrons. The van der Waals surface area contributed by atoms with Gasteiger partial charge in [-0.15, -0.1) is 0 Å². The second-order valence-corrected chi connectivity index (χ2v) is 6.31. The molecule has 0 unspecified atom stereocenters. The third-order valence-corrected chi connectivity index (χ3v) is 4.15. The van der Waals surface area contributed by atoms with Gasteiger partial charge in [0.15, 0.2) is 0 Å². The van der Waals surface area contributed by atoms with Crippen LogP contribution in [0.2, 0.25) is 5.02 Å². The first-order valence-electron chi connectivity index (χ1n) is 7.53. The molecule has 0 saturated heterocycles. The fourth-order valence-corrected chi connectivity index (χ4v) is 2.90. The second-order valence-electron chi connectivity index (χ2n) is 5.87. The van der Waals surface area contributed by atoms with Crippen LogP contribution in [0.5, 0.6) is 5.75 Å². The van der Waals surface area contributed by atoms with Crippen LogP contribution in [0, 0.1) is 6.92 Å². The number of aromatic nitrogens is 1. The Hall–Kier alpha value is -1.93. The molecule has 0 amide bonds. The first-order chi connectivity index (χ1) is 10.6. The number of ether oxygens (including phenoxy) is 1. The van der Waals surface area contributed by atoms with Crippen molar-refractivity contribution in [1.82, 2.24) is 4.57 Å². The zero-order chi connectivity index (χ0) is 15.7. The maximum absolute atomic E-state index is 5.92. The molecule has 0 aliphatic heterocycles. The molecule has 3 rings (SSSR count). The summed E-state index contributed by atoms with van der Waals surface area (Å²) in [6.07, 6.45) is 2.21. The molecule has 0 radical (unpaired) electrons. The van der Waals surface area contributed by atoms with Crippen LogP contribution < -0.4 is 4.74 Å². The first-order valence-corrected chi connectivity index (χ1v) is 7.91. The van der Waals surface area contributed by atoms with E-state index in [1.807, 2.05) is 24.3 Å². The van der Waals surface area contributed by atoms with Crippen LogP contribution in [0.15, 0.2) is 48.7 Å². The van der Waals surface area contributed by atoms with Crippen molar-refractivity contribution in [3.8, 4) is 5.75 Å². The monoisotopic (exact) mass is 313 g/mol. The van der Waals surface area contributed by atoms with Crippen LogP contribution in [0.1, 0.15) is 31.0 Å². The zero-order valence-corrected chi connectivity index (χ0v) is 13.9. The molecule has 0 atom stereocenters. The molecular weight excluding hydrogens is 294 g/mol. The summed E-state index contributed by atoms with van der Waals surface area (Å²) in [5.74, 6) is 0.836. The Balaban J connectivity index is 1.94. The van der Waals surface area contributed by atoms with Gasteiger partial charge in [-0.25, -0.2) is 0 Å². The summed E-state index contributed by atoms with van der Waals surface area (Å²) in [5.41, 5.74) is 3.80. The van der Waals surface area contributed by atoms with Gasteiger partial charge in [-0.3, -0.25) is 0 Å². The molecule has 1 heterocycles. The van der Waals surface area contributed by atoms with Gasteiger partial charge < -0.3 is 9.30 Å². The highest BCUT2D eigenvalue weighted by molar-refractivity contribution is 6.30. The predicted octanol–water partition coefficient (Wildman–Crippen LogP) is 5.76. The Labute approximate surface area is 136 Å². The van der Waals surface area contributed by atoms with E-state index in [0.717, 1.165) is 10.8 Å². The minimum absolute atomic E-state index is 0.424. The fourth-order valence-electron chi connectivity index (χ4n) is 2.78. The number of halogens is 1. The molecule has 0 N–H and O–H groups in total. The lowest BCUT2D eigenvalue weighted by Crippen LogP contribution is -1.99. The molecule has 1 aromatic heterocycles. The van der Waals surface area contributed by atoms with Crippen LogP contribution in [-0.2, 0) is 6.61 Å². The van der Waals surface area contributed by atoms with Crippen molar-refractivity contribution < 1.29 is 4.74 Å². The van der Waals surface area contributed by atoms with E-state index in [4.69, 9.17) is 16.3 Å². The van der Waals surface area contributed by atoms with E-state index < -0.39 is 0 Å². The standard InChI is InChI=1S/C19H20ClNO/c1-13(2)21-11-15(18-6-4-5-14(3)19(18)21)12-22-17-9-7-16(20)8-10-17/h4-11,13H,12H2,1-3H3. The van der Waals surface area contributed by atoms with E-state index >= 15 is 0 Å². The molecule has 22 heavy (non-hydrogen) atoms. The fraction of sp³-hybridized carbons (Fsp3) is 0.263. The number of benzene rings is 2. The van der Waals surface area contributed by atoms with E-state index in [0.29, 0.717) is 12.6 Å². The summed E-state index contributed by atoms with van der Waals surface area (Å²) >= 11 is 5.90. The van der Waals surface area contributed by atoms with Gasteiger partial charge in [0, 0.05) is 28.2 Å². The van der Waals surface area contributed by atoms with Crippen molar-refractivity contribution in [3.05, 3.63) is 64.8 Å². The van der Waals surface area contributed by atoms with E-state index in [2.05, 4.69) is 49.7 Å². The molecule has 0 saturated carbocycles. The van der Waals surface area contributed by atoms with Gasteiger partial charge in [0.1, 0.15) is 12.4 Å². The molecular formula is C19H20ClNO. The normalized spacial score (nSPS) is 11.3. The summed E-state index contributed by atoms with van der Waals surface area (Å²) in [4.78, 5) is 0. The Morgan fingerprint density at radius 3 is 2.50 bits per heavy atom. The van der Waals surface area contributed by atoms with Crippen LogP contribution in [0.4, 0.5) is 0 Å². The Bertz CT molecular complexity index is 787. The topological polar surface area (TPSA) is 14.2 Å². The van der Waals surface area contributed by atoms with Crippen LogP contribution in [0.25, 0.3) is 10.9 Å². The van der Waals surface area contributed by atoms with Gasteiger partial charge in [-0.05, 0) is 50.6 Å². The maximum atomic E-state index is 5.92. The number of nitrogens with zero attached hydrogens (tertiary/aromatic N) is 1. The van der Waals surface area contributed by atoms with Crippen molar-refractivity contribution in [2.75, 3.05) is 0 Å². The highest BCUT2D eigenvalue weighted by atomic mass is 35.5. The maximum Gasteiger partial charge on any atom is 0.119 e. The summed E-state index contributed by atoms with van der Waals surface area (Å²) < 4.78 is 8.24. The number of hydrogen-bond acceptors (Lipinski definition) is 1. The number of aryl methyl sites for hydroxylation is 1. The Morgan fingerprint density at radius 1 is 1.09 bits per heavy atom. The summed E-state index contributed by atoms with van der Waals surface area (Å²) in [6.45, 7) is 7.12. The molecule has 2 nitrogen and oxygen atoms in total. The Kier molecular flexibility index (Phi) is 4.12. The van der Waals surface area contributed by atoms with E-state index in [1.165, 1.54) is 22.0 Å². The molecule has 3 heteroatoms. The second kappa shape index (κ2) is 6.05. The molecule has 3 aromatic rings. The number of rotatable bonds is 4.